The van der Waals surface area contributed by atoms with Crippen LogP contribution in [0.1, 0.15) is 49.2 Å². The molecule has 1 fully saturated rings. The number of aryl methyl sites for hydroxylation is 1. The fraction of sp³-hybridized carbons (Fsp3) is 0.455. The maximum atomic E-state index is 6.10. The first-order valence-corrected chi connectivity index (χ1v) is 9.44. The molecule has 2 aromatic rings. The first-order chi connectivity index (χ1) is 12.7. The lowest BCUT2D eigenvalue weighted by molar-refractivity contribution is -0.0948. The van der Waals surface area contributed by atoms with Crippen LogP contribution >= 0.6 is 0 Å². The molecule has 2 aliphatic rings. The Balaban J connectivity index is 1.54. The summed E-state index contributed by atoms with van der Waals surface area (Å²) < 4.78 is 23.5. The molecule has 2 heterocycles. The van der Waals surface area contributed by atoms with Crippen molar-refractivity contribution in [2.45, 2.75) is 44.5 Å². The second kappa shape index (κ2) is 7.29. The Morgan fingerprint density at radius 1 is 1.00 bits per heavy atom. The summed E-state index contributed by atoms with van der Waals surface area (Å²) in [6.45, 7) is 3.63. The normalized spacial score (nSPS) is 20.9. The molecule has 0 bridgehead atoms. The smallest absolute Gasteiger partial charge is 0.267 e. The number of ether oxygens (including phenoxy) is 4. The lowest BCUT2D eigenvalue weighted by Gasteiger charge is -2.36. The van der Waals surface area contributed by atoms with Gasteiger partial charge in [0.1, 0.15) is 0 Å². The molecular weight excluding hydrogens is 328 g/mol. The maximum absolute atomic E-state index is 6.10. The van der Waals surface area contributed by atoms with Gasteiger partial charge in [0.05, 0.1) is 5.60 Å². The van der Waals surface area contributed by atoms with Gasteiger partial charge in [-0.2, -0.15) is 0 Å². The van der Waals surface area contributed by atoms with Gasteiger partial charge in [-0.25, -0.2) is 0 Å². The number of fused-ring (bicyclic) bond motifs is 1. The van der Waals surface area contributed by atoms with Gasteiger partial charge in [-0.05, 0) is 29.7 Å². The molecule has 26 heavy (non-hydrogen) atoms. The van der Waals surface area contributed by atoms with E-state index >= 15 is 0 Å². The van der Waals surface area contributed by atoms with Crippen molar-refractivity contribution in [1.82, 2.24) is 0 Å². The summed E-state index contributed by atoms with van der Waals surface area (Å²) in [6.07, 6.45) is 3.57. The van der Waals surface area contributed by atoms with Crippen LogP contribution in [0.25, 0.3) is 0 Å². The van der Waals surface area contributed by atoms with Crippen LogP contribution in [0.3, 0.4) is 0 Å². The Morgan fingerprint density at radius 3 is 2.42 bits per heavy atom. The molecule has 0 aromatic heterocycles. The van der Waals surface area contributed by atoms with Gasteiger partial charge in [0.2, 0.25) is 0 Å². The van der Waals surface area contributed by atoms with Crippen LogP contribution in [0.4, 0.5) is 0 Å². The standard InChI is InChI=1S/C22H26O4/c1-3-4-16-5-7-17(8-6-16)21-25-19-10-9-18(15-20(19)26-21)22(23-2)11-13-24-14-12-22/h5-10,15,21H,3-4,11-14H2,1-2H3. The molecule has 4 nitrogen and oxygen atoms in total. The molecule has 1 atom stereocenters. The Hall–Kier alpha value is -2.04. The van der Waals surface area contributed by atoms with E-state index in [9.17, 15) is 0 Å². The zero-order chi connectivity index (χ0) is 18.0. The molecule has 0 amide bonds. The minimum Gasteiger partial charge on any atom is -0.447 e. The summed E-state index contributed by atoms with van der Waals surface area (Å²) in [5.41, 5.74) is 3.21. The Bertz CT molecular complexity index is 747. The number of hydrogen-bond donors (Lipinski definition) is 0. The van der Waals surface area contributed by atoms with Crippen LogP contribution < -0.4 is 9.47 Å². The monoisotopic (exact) mass is 354 g/mol. The SMILES string of the molecule is CCCc1ccc(C2Oc3ccc(C4(OC)CCOCC4)cc3O2)cc1. The van der Waals surface area contributed by atoms with Crippen LogP contribution in [-0.2, 0) is 21.5 Å². The lowest BCUT2D eigenvalue weighted by Crippen LogP contribution is -2.35. The van der Waals surface area contributed by atoms with Crippen molar-refractivity contribution in [2.75, 3.05) is 20.3 Å². The highest BCUT2D eigenvalue weighted by molar-refractivity contribution is 5.47. The van der Waals surface area contributed by atoms with E-state index in [1.807, 2.05) is 6.07 Å². The van der Waals surface area contributed by atoms with E-state index in [1.165, 1.54) is 5.56 Å². The first kappa shape index (κ1) is 17.4. The van der Waals surface area contributed by atoms with Crippen molar-refractivity contribution in [2.24, 2.45) is 0 Å². The van der Waals surface area contributed by atoms with Crippen molar-refractivity contribution in [3.05, 3.63) is 59.2 Å². The van der Waals surface area contributed by atoms with Gasteiger partial charge in [-0.1, -0.05) is 43.7 Å². The van der Waals surface area contributed by atoms with Crippen LogP contribution in [0, 0.1) is 0 Å². The molecule has 0 radical (unpaired) electrons. The van der Waals surface area contributed by atoms with Gasteiger partial charge in [-0.15, -0.1) is 0 Å². The quantitative estimate of drug-likeness (QED) is 0.776. The number of rotatable bonds is 5. The summed E-state index contributed by atoms with van der Waals surface area (Å²) >= 11 is 0. The minimum absolute atomic E-state index is 0.295. The lowest BCUT2D eigenvalue weighted by atomic mass is 9.86. The molecule has 0 aliphatic carbocycles. The Labute approximate surface area is 155 Å². The molecular formula is C22H26O4. The molecule has 0 saturated carbocycles. The van der Waals surface area contributed by atoms with Crippen molar-refractivity contribution < 1.29 is 18.9 Å². The topological polar surface area (TPSA) is 36.9 Å². The number of hydrogen-bond acceptors (Lipinski definition) is 4. The van der Waals surface area contributed by atoms with Gasteiger partial charge < -0.3 is 18.9 Å². The number of methoxy groups -OCH3 is 1. The minimum atomic E-state index is -0.385. The Kier molecular flexibility index (Phi) is 4.88. The fourth-order valence-corrected chi connectivity index (χ4v) is 3.81. The summed E-state index contributed by atoms with van der Waals surface area (Å²) in [4.78, 5) is 0. The van der Waals surface area contributed by atoms with Crippen molar-refractivity contribution in [1.29, 1.82) is 0 Å². The van der Waals surface area contributed by atoms with E-state index in [1.54, 1.807) is 7.11 Å². The zero-order valence-electron chi connectivity index (χ0n) is 15.5. The number of benzene rings is 2. The van der Waals surface area contributed by atoms with Crippen LogP contribution in [-0.4, -0.2) is 20.3 Å². The average Bonchev–Trinajstić information content (AvgIpc) is 3.12. The van der Waals surface area contributed by atoms with E-state index in [2.05, 4.69) is 43.3 Å². The van der Waals surface area contributed by atoms with Crippen LogP contribution in [0.2, 0.25) is 0 Å². The van der Waals surface area contributed by atoms with Crippen LogP contribution in [0.5, 0.6) is 11.5 Å². The average molecular weight is 354 g/mol. The van der Waals surface area contributed by atoms with Crippen LogP contribution in [0.15, 0.2) is 42.5 Å². The highest BCUT2D eigenvalue weighted by Crippen LogP contribution is 2.45. The van der Waals surface area contributed by atoms with E-state index < -0.39 is 0 Å². The van der Waals surface area contributed by atoms with Crippen molar-refractivity contribution in [3.8, 4) is 11.5 Å². The Morgan fingerprint density at radius 2 is 1.73 bits per heavy atom. The molecule has 4 heteroatoms. The van der Waals surface area contributed by atoms with E-state index in [-0.39, 0.29) is 11.9 Å². The van der Waals surface area contributed by atoms with Gasteiger partial charge in [0, 0.05) is 38.7 Å². The maximum Gasteiger partial charge on any atom is 0.267 e. The van der Waals surface area contributed by atoms with Gasteiger partial charge >= 0.3 is 0 Å². The molecule has 2 aliphatic heterocycles. The molecule has 2 aromatic carbocycles. The molecule has 0 spiro atoms. The van der Waals surface area contributed by atoms with Gasteiger partial charge in [0.15, 0.2) is 11.5 Å². The van der Waals surface area contributed by atoms with Gasteiger partial charge in [0.25, 0.3) is 6.29 Å². The molecule has 0 N–H and O–H groups in total. The summed E-state index contributed by atoms with van der Waals surface area (Å²) in [6, 6.07) is 14.6. The predicted octanol–water partition coefficient (Wildman–Crippen LogP) is 4.76. The summed E-state index contributed by atoms with van der Waals surface area (Å²) in [7, 11) is 1.77. The second-order valence-electron chi connectivity index (χ2n) is 7.03. The third kappa shape index (κ3) is 3.19. The fourth-order valence-electron chi connectivity index (χ4n) is 3.81. The first-order valence-electron chi connectivity index (χ1n) is 9.44. The van der Waals surface area contributed by atoms with Crippen molar-refractivity contribution in [3.63, 3.8) is 0 Å². The molecule has 1 saturated heterocycles. The molecule has 138 valence electrons. The zero-order valence-corrected chi connectivity index (χ0v) is 15.5. The predicted molar refractivity (Wildman–Crippen MR) is 99.6 cm³/mol. The van der Waals surface area contributed by atoms with Crippen molar-refractivity contribution >= 4 is 0 Å². The summed E-state index contributed by atoms with van der Waals surface area (Å²) in [5, 5.41) is 0. The van der Waals surface area contributed by atoms with E-state index in [4.69, 9.17) is 18.9 Å². The highest BCUT2D eigenvalue weighted by atomic mass is 16.7. The molecule has 4 rings (SSSR count). The third-order valence-electron chi connectivity index (χ3n) is 5.42. The third-order valence-corrected chi connectivity index (χ3v) is 5.42. The largest absolute Gasteiger partial charge is 0.447 e. The second-order valence-corrected chi connectivity index (χ2v) is 7.03. The summed E-state index contributed by atoms with van der Waals surface area (Å²) in [5.74, 6) is 1.57. The van der Waals surface area contributed by atoms with E-state index in [0.29, 0.717) is 0 Å². The van der Waals surface area contributed by atoms with Gasteiger partial charge in [-0.3, -0.25) is 0 Å². The highest BCUT2D eigenvalue weighted by Gasteiger charge is 2.36. The molecule has 1 unspecified atom stereocenters. The van der Waals surface area contributed by atoms with E-state index in [0.717, 1.165) is 61.5 Å².